The molecule has 0 aromatic carbocycles. The predicted octanol–water partition coefficient (Wildman–Crippen LogP) is 2.36. The van der Waals surface area contributed by atoms with Gasteiger partial charge in [0, 0.05) is 19.2 Å². The molecule has 1 saturated carbocycles. The lowest BCUT2D eigenvalue weighted by molar-refractivity contribution is 0.0253. The van der Waals surface area contributed by atoms with E-state index < -0.39 is 0 Å². The summed E-state index contributed by atoms with van der Waals surface area (Å²) in [5.41, 5.74) is 0. The first-order valence-electron chi connectivity index (χ1n) is 7.75. The van der Waals surface area contributed by atoms with Gasteiger partial charge in [0.05, 0.1) is 18.8 Å². The van der Waals surface area contributed by atoms with E-state index in [4.69, 9.17) is 4.74 Å². The van der Waals surface area contributed by atoms with E-state index in [2.05, 4.69) is 33.2 Å². The Hall–Kier alpha value is -1.36. The molecule has 1 saturated heterocycles. The molecule has 20 heavy (non-hydrogen) atoms. The van der Waals surface area contributed by atoms with Gasteiger partial charge in [-0.25, -0.2) is 9.97 Å². The molecule has 1 aliphatic heterocycles. The highest BCUT2D eigenvalue weighted by atomic mass is 16.5. The molecule has 1 aromatic rings. The Kier molecular flexibility index (Phi) is 4.05. The van der Waals surface area contributed by atoms with Gasteiger partial charge in [0.2, 0.25) is 0 Å². The number of hydrogen-bond acceptors (Lipinski definition) is 5. The molecule has 1 aliphatic carbocycles. The molecule has 3 rings (SSSR count). The molecule has 5 nitrogen and oxygen atoms in total. The van der Waals surface area contributed by atoms with E-state index in [-0.39, 0.29) is 0 Å². The first kappa shape index (κ1) is 13.6. The van der Waals surface area contributed by atoms with Crippen LogP contribution in [0.25, 0.3) is 0 Å². The van der Waals surface area contributed by atoms with Crippen molar-refractivity contribution in [2.75, 3.05) is 29.9 Å². The van der Waals surface area contributed by atoms with E-state index in [0.717, 1.165) is 43.6 Å². The quantitative estimate of drug-likeness (QED) is 0.915. The maximum absolute atomic E-state index is 5.88. The van der Waals surface area contributed by atoms with E-state index in [1.165, 1.54) is 19.3 Å². The summed E-state index contributed by atoms with van der Waals surface area (Å²) in [6.07, 6.45) is 5.15. The van der Waals surface area contributed by atoms with Crippen molar-refractivity contribution in [2.45, 2.75) is 51.7 Å². The Labute approximate surface area is 120 Å². The van der Waals surface area contributed by atoms with Gasteiger partial charge in [0.25, 0.3) is 0 Å². The third-order valence-electron chi connectivity index (χ3n) is 4.16. The third kappa shape index (κ3) is 2.73. The van der Waals surface area contributed by atoms with E-state index in [9.17, 15) is 0 Å². The van der Waals surface area contributed by atoms with E-state index in [0.29, 0.717) is 12.1 Å². The zero-order chi connectivity index (χ0) is 13.9. The third-order valence-corrected chi connectivity index (χ3v) is 4.16. The van der Waals surface area contributed by atoms with Gasteiger partial charge in [-0.2, -0.15) is 0 Å². The van der Waals surface area contributed by atoms with Crippen LogP contribution in [0.2, 0.25) is 0 Å². The first-order chi connectivity index (χ1) is 9.78. The van der Waals surface area contributed by atoms with Crippen LogP contribution in [0.4, 0.5) is 11.6 Å². The second-order valence-electron chi connectivity index (χ2n) is 5.69. The van der Waals surface area contributed by atoms with Crippen molar-refractivity contribution in [2.24, 2.45) is 0 Å². The minimum atomic E-state index is 0.395. The number of aromatic nitrogens is 2. The summed E-state index contributed by atoms with van der Waals surface area (Å²) in [7, 11) is 0. The molecule has 2 unspecified atom stereocenters. The van der Waals surface area contributed by atoms with Gasteiger partial charge in [-0.3, -0.25) is 0 Å². The van der Waals surface area contributed by atoms with E-state index in [1.54, 1.807) is 0 Å². The highest BCUT2D eigenvalue weighted by Crippen LogP contribution is 2.32. The number of nitrogens with one attached hydrogen (secondary N) is 1. The van der Waals surface area contributed by atoms with Crippen LogP contribution in [0.15, 0.2) is 6.07 Å². The van der Waals surface area contributed by atoms with Crippen LogP contribution in [0.5, 0.6) is 0 Å². The molecule has 2 fully saturated rings. The number of ether oxygens (including phenoxy) is 1. The molecule has 2 atom stereocenters. The molecule has 2 aliphatic rings. The number of anilines is 2. The topological polar surface area (TPSA) is 50.3 Å². The van der Waals surface area contributed by atoms with Gasteiger partial charge in [0.1, 0.15) is 17.5 Å². The van der Waals surface area contributed by atoms with Crippen LogP contribution in [0, 0.1) is 6.92 Å². The molecule has 0 amide bonds. The smallest absolute Gasteiger partial charge is 0.134 e. The van der Waals surface area contributed by atoms with Crippen molar-refractivity contribution in [1.82, 2.24) is 9.97 Å². The fourth-order valence-corrected chi connectivity index (χ4v) is 3.25. The molecule has 0 spiro atoms. The summed E-state index contributed by atoms with van der Waals surface area (Å²) in [4.78, 5) is 11.5. The van der Waals surface area contributed by atoms with Gasteiger partial charge in [0.15, 0.2) is 0 Å². The lowest BCUT2D eigenvalue weighted by Crippen LogP contribution is -2.49. The first-order valence-corrected chi connectivity index (χ1v) is 7.75. The second-order valence-corrected chi connectivity index (χ2v) is 5.69. The summed E-state index contributed by atoms with van der Waals surface area (Å²) in [5.74, 6) is 2.83. The Morgan fingerprint density at radius 1 is 1.40 bits per heavy atom. The molecule has 1 N–H and O–H groups in total. The van der Waals surface area contributed by atoms with Crippen molar-refractivity contribution < 1.29 is 4.74 Å². The molecular weight excluding hydrogens is 252 g/mol. The number of rotatable bonds is 4. The SMILES string of the molecule is CCCNc1cc(N2CCOC3CCCC32)nc(C)n1. The molecular formula is C15H24N4O. The van der Waals surface area contributed by atoms with Crippen LogP contribution < -0.4 is 10.2 Å². The van der Waals surface area contributed by atoms with Gasteiger partial charge >= 0.3 is 0 Å². The average Bonchev–Trinajstić information content (AvgIpc) is 2.92. The predicted molar refractivity (Wildman–Crippen MR) is 80.3 cm³/mol. The summed E-state index contributed by atoms with van der Waals surface area (Å²) >= 11 is 0. The van der Waals surface area contributed by atoms with Crippen LogP contribution in [0.3, 0.4) is 0 Å². The summed E-state index contributed by atoms with van der Waals surface area (Å²) in [6.45, 7) is 6.82. The number of aryl methyl sites for hydroxylation is 1. The molecule has 0 radical (unpaired) electrons. The zero-order valence-corrected chi connectivity index (χ0v) is 12.4. The Bertz CT molecular complexity index is 465. The van der Waals surface area contributed by atoms with Crippen molar-refractivity contribution in [3.63, 3.8) is 0 Å². The largest absolute Gasteiger partial charge is 0.374 e. The minimum Gasteiger partial charge on any atom is -0.374 e. The molecule has 0 bridgehead atoms. The van der Waals surface area contributed by atoms with Gasteiger partial charge in [-0.15, -0.1) is 0 Å². The Morgan fingerprint density at radius 3 is 3.15 bits per heavy atom. The highest BCUT2D eigenvalue weighted by molar-refractivity contribution is 5.50. The van der Waals surface area contributed by atoms with Crippen molar-refractivity contribution in [1.29, 1.82) is 0 Å². The zero-order valence-electron chi connectivity index (χ0n) is 12.4. The molecule has 110 valence electrons. The van der Waals surface area contributed by atoms with Crippen LogP contribution in [0.1, 0.15) is 38.4 Å². The second kappa shape index (κ2) is 5.95. The fourth-order valence-electron chi connectivity index (χ4n) is 3.25. The lowest BCUT2D eigenvalue weighted by atomic mass is 10.1. The average molecular weight is 276 g/mol. The van der Waals surface area contributed by atoms with Gasteiger partial charge in [-0.05, 0) is 32.6 Å². The maximum Gasteiger partial charge on any atom is 0.134 e. The maximum atomic E-state index is 5.88. The monoisotopic (exact) mass is 276 g/mol. The lowest BCUT2D eigenvalue weighted by Gasteiger charge is -2.38. The summed E-state index contributed by atoms with van der Waals surface area (Å²) in [6, 6.07) is 2.58. The molecule has 1 aromatic heterocycles. The number of nitrogens with zero attached hydrogens (tertiary/aromatic N) is 3. The standard InChI is InChI=1S/C15H24N4O/c1-3-7-16-14-10-15(18-11(2)17-14)19-8-9-20-13-6-4-5-12(13)19/h10,12-13H,3-9H2,1-2H3,(H,16,17,18). The number of hydrogen-bond donors (Lipinski definition) is 1. The van der Waals surface area contributed by atoms with Crippen LogP contribution in [-0.2, 0) is 4.74 Å². The highest BCUT2D eigenvalue weighted by Gasteiger charge is 2.36. The van der Waals surface area contributed by atoms with Crippen molar-refractivity contribution >= 4 is 11.6 Å². The number of fused-ring (bicyclic) bond motifs is 1. The summed E-state index contributed by atoms with van der Waals surface area (Å²) < 4.78 is 5.88. The normalized spacial score (nSPS) is 25.6. The summed E-state index contributed by atoms with van der Waals surface area (Å²) in [5, 5.41) is 3.37. The van der Waals surface area contributed by atoms with Gasteiger partial charge in [-0.1, -0.05) is 6.92 Å². The minimum absolute atomic E-state index is 0.395. The Balaban J connectivity index is 1.82. The van der Waals surface area contributed by atoms with Crippen LogP contribution >= 0.6 is 0 Å². The number of morpholine rings is 1. The molecule has 5 heteroatoms. The van der Waals surface area contributed by atoms with Crippen molar-refractivity contribution in [3.8, 4) is 0 Å². The van der Waals surface area contributed by atoms with Crippen molar-refractivity contribution in [3.05, 3.63) is 11.9 Å². The van der Waals surface area contributed by atoms with Gasteiger partial charge < -0.3 is 15.0 Å². The van der Waals surface area contributed by atoms with Crippen LogP contribution in [-0.4, -0.2) is 41.8 Å². The fraction of sp³-hybridized carbons (Fsp3) is 0.733. The van der Waals surface area contributed by atoms with E-state index >= 15 is 0 Å². The molecule has 2 heterocycles. The Morgan fingerprint density at radius 2 is 2.30 bits per heavy atom. The van der Waals surface area contributed by atoms with E-state index in [1.807, 2.05) is 6.92 Å².